The minimum absolute atomic E-state index is 0.00670. The lowest BCUT2D eigenvalue weighted by Crippen LogP contribution is -2.23. The Kier molecular flexibility index (Phi) is 6.17. The summed E-state index contributed by atoms with van der Waals surface area (Å²) in [6.07, 6.45) is 1.09. The lowest BCUT2D eigenvalue weighted by atomic mass is 10.1. The molecule has 0 bridgehead atoms. The summed E-state index contributed by atoms with van der Waals surface area (Å²) in [6.45, 7) is 4.10. The topological polar surface area (TPSA) is 76.9 Å². The highest BCUT2D eigenvalue weighted by atomic mass is 32.2. The predicted molar refractivity (Wildman–Crippen MR) is 108 cm³/mol. The summed E-state index contributed by atoms with van der Waals surface area (Å²) in [7, 11) is -3.38. The molecule has 0 saturated heterocycles. The number of thioether (sulfide) groups is 1. The first-order chi connectivity index (χ1) is 13.2. The number of nitrogens with one attached hydrogen (secondary N) is 1. The third-order valence-corrected chi connectivity index (χ3v) is 5.79. The van der Waals surface area contributed by atoms with Gasteiger partial charge >= 0.3 is 0 Å². The van der Waals surface area contributed by atoms with Crippen molar-refractivity contribution in [3.8, 4) is 5.69 Å². The van der Waals surface area contributed by atoms with Crippen molar-refractivity contribution in [2.75, 3.05) is 6.26 Å². The van der Waals surface area contributed by atoms with Crippen LogP contribution in [0.5, 0.6) is 0 Å². The molecule has 0 aliphatic rings. The van der Waals surface area contributed by atoms with Gasteiger partial charge in [-0.25, -0.2) is 17.5 Å². The number of aromatic nitrogens is 3. The van der Waals surface area contributed by atoms with Gasteiger partial charge in [-0.1, -0.05) is 35.5 Å². The van der Waals surface area contributed by atoms with E-state index in [1.54, 1.807) is 16.7 Å². The molecule has 148 valence electrons. The van der Waals surface area contributed by atoms with Crippen molar-refractivity contribution < 1.29 is 12.8 Å². The van der Waals surface area contributed by atoms with Crippen LogP contribution in [0.1, 0.15) is 22.5 Å². The smallest absolute Gasteiger partial charge is 0.209 e. The third kappa shape index (κ3) is 5.18. The summed E-state index contributed by atoms with van der Waals surface area (Å²) in [5.41, 5.74) is 4.22. The number of hydrogen-bond acceptors (Lipinski definition) is 5. The highest BCUT2D eigenvalue weighted by molar-refractivity contribution is 7.98. The van der Waals surface area contributed by atoms with Crippen LogP contribution in [0.25, 0.3) is 5.69 Å². The van der Waals surface area contributed by atoms with Gasteiger partial charge in [-0.2, -0.15) is 0 Å². The molecule has 1 heterocycles. The molecule has 3 aromatic rings. The standard InChI is InChI=1S/C19H21FN4O2S2/c1-13-4-5-14(2)15(10-13)12-27-19-23-22-18(11-21-28(3,25)26)24(19)17-8-6-16(20)7-9-17/h4-10,21H,11-12H2,1-3H3. The Bertz CT molecular complexity index is 1080. The van der Waals surface area contributed by atoms with E-state index >= 15 is 0 Å². The molecule has 2 aromatic carbocycles. The summed E-state index contributed by atoms with van der Waals surface area (Å²) < 4.78 is 40.4. The zero-order valence-corrected chi connectivity index (χ0v) is 17.4. The van der Waals surface area contributed by atoms with Gasteiger partial charge in [0.15, 0.2) is 11.0 Å². The van der Waals surface area contributed by atoms with E-state index in [9.17, 15) is 12.8 Å². The van der Waals surface area contributed by atoms with Crippen LogP contribution in [0, 0.1) is 19.7 Å². The SMILES string of the molecule is Cc1ccc(C)c(CSc2nnc(CNS(C)(=O)=O)n2-c2ccc(F)cc2)c1. The Balaban J connectivity index is 1.92. The number of nitrogens with zero attached hydrogens (tertiary/aromatic N) is 3. The highest BCUT2D eigenvalue weighted by Crippen LogP contribution is 2.27. The fraction of sp³-hybridized carbons (Fsp3) is 0.263. The summed E-state index contributed by atoms with van der Waals surface area (Å²) in [4.78, 5) is 0. The van der Waals surface area contributed by atoms with Crippen LogP contribution in [-0.2, 0) is 22.3 Å². The zero-order chi connectivity index (χ0) is 20.3. The maximum Gasteiger partial charge on any atom is 0.209 e. The number of rotatable bonds is 7. The fourth-order valence-corrected chi connectivity index (χ4v) is 4.08. The molecule has 0 amide bonds. The van der Waals surface area contributed by atoms with Crippen molar-refractivity contribution >= 4 is 21.8 Å². The molecule has 0 aliphatic carbocycles. The van der Waals surface area contributed by atoms with E-state index in [4.69, 9.17) is 0 Å². The molecule has 0 fully saturated rings. The predicted octanol–water partition coefficient (Wildman–Crippen LogP) is 3.36. The van der Waals surface area contributed by atoms with Crippen molar-refractivity contribution in [2.45, 2.75) is 31.3 Å². The summed E-state index contributed by atoms with van der Waals surface area (Å²) in [6, 6.07) is 12.2. The number of sulfonamides is 1. The van der Waals surface area contributed by atoms with Crippen molar-refractivity contribution in [3.63, 3.8) is 0 Å². The first kappa shape index (κ1) is 20.5. The summed E-state index contributed by atoms with van der Waals surface area (Å²) >= 11 is 1.49. The number of benzene rings is 2. The maximum absolute atomic E-state index is 13.3. The lowest BCUT2D eigenvalue weighted by Gasteiger charge is -2.11. The molecule has 0 radical (unpaired) electrons. The molecular weight excluding hydrogens is 399 g/mol. The van der Waals surface area contributed by atoms with E-state index < -0.39 is 10.0 Å². The minimum atomic E-state index is -3.38. The Morgan fingerprint density at radius 2 is 1.82 bits per heavy atom. The Labute approximate surface area is 168 Å². The van der Waals surface area contributed by atoms with E-state index in [2.05, 4.69) is 40.0 Å². The molecule has 28 heavy (non-hydrogen) atoms. The van der Waals surface area contributed by atoms with E-state index in [1.807, 2.05) is 6.92 Å². The fourth-order valence-electron chi connectivity index (χ4n) is 2.65. The summed E-state index contributed by atoms with van der Waals surface area (Å²) in [5, 5.41) is 8.98. The molecule has 1 aromatic heterocycles. The molecule has 9 heteroatoms. The van der Waals surface area contributed by atoms with Crippen LogP contribution >= 0.6 is 11.8 Å². The van der Waals surface area contributed by atoms with E-state index in [1.165, 1.54) is 40.6 Å². The van der Waals surface area contributed by atoms with Crippen LogP contribution in [0.2, 0.25) is 0 Å². The van der Waals surface area contributed by atoms with Crippen molar-refractivity contribution in [2.24, 2.45) is 0 Å². The monoisotopic (exact) mass is 420 g/mol. The minimum Gasteiger partial charge on any atom is -0.273 e. The van der Waals surface area contributed by atoms with Crippen molar-refractivity contribution in [1.82, 2.24) is 19.5 Å². The first-order valence-electron chi connectivity index (χ1n) is 8.57. The van der Waals surface area contributed by atoms with E-state index in [0.29, 0.717) is 22.4 Å². The second-order valence-corrected chi connectivity index (χ2v) is 9.30. The van der Waals surface area contributed by atoms with Gasteiger partial charge in [-0.05, 0) is 49.2 Å². The van der Waals surface area contributed by atoms with Crippen LogP contribution in [0.15, 0.2) is 47.6 Å². The quantitative estimate of drug-likeness (QED) is 0.593. The lowest BCUT2D eigenvalue weighted by molar-refractivity contribution is 0.584. The van der Waals surface area contributed by atoms with Crippen LogP contribution in [-0.4, -0.2) is 29.4 Å². The largest absolute Gasteiger partial charge is 0.273 e. The Hall–Kier alpha value is -2.23. The van der Waals surface area contributed by atoms with Gasteiger partial charge in [0.05, 0.1) is 12.8 Å². The maximum atomic E-state index is 13.3. The number of halogens is 1. The third-order valence-electron chi connectivity index (χ3n) is 4.14. The average molecular weight is 421 g/mol. The second kappa shape index (κ2) is 8.42. The van der Waals surface area contributed by atoms with Gasteiger partial charge in [0, 0.05) is 11.4 Å². The Morgan fingerprint density at radius 1 is 1.11 bits per heavy atom. The molecule has 0 atom stereocenters. The highest BCUT2D eigenvalue weighted by Gasteiger charge is 2.16. The van der Waals surface area contributed by atoms with Crippen molar-refractivity contribution in [1.29, 1.82) is 0 Å². The average Bonchev–Trinajstić information content (AvgIpc) is 3.04. The number of hydrogen-bond donors (Lipinski definition) is 1. The second-order valence-electron chi connectivity index (χ2n) is 6.52. The Morgan fingerprint density at radius 3 is 2.50 bits per heavy atom. The molecular formula is C19H21FN4O2S2. The van der Waals surface area contributed by atoms with Gasteiger partial charge in [0.25, 0.3) is 0 Å². The van der Waals surface area contributed by atoms with Gasteiger partial charge in [-0.3, -0.25) is 4.57 Å². The van der Waals surface area contributed by atoms with E-state index in [0.717, 1.165) is 6.26 Å². The van der Waals surface area contributed by atoms with Crippen molar-refractivity contribution in [3.05, 3.63) is 70.8 Å². The first-order valence-corrected chi connectivity index (χ1v) is 11.4. The molecule has 0 unspecified atom stereocenters. The molecule has 0 aliphatic heterocycles. The van der Waals surface area contributed by atoms with Crippen LogP contribution in [0.4, 0.5) is 4.39 Å². The molecule has 6 nitrogen and oxygen atoms in total. The van der Waals surface area contributed by atoms with Gasteiger partial charge in [0.2, 0.25) is 10.0 Å². The zero-order valence-electron chi connectivity index (χ0n) is 15.8. The molecule has 3 rings (SSSR count). The molecule has 0 spiro atoms. The molecule has 0 saturated carbocycles. The normalized spacial score (nSPS) is 11.7. The van der Waals surface area contributed by atoms with Crippen LogP contribution in [0.3, 0.4) is 0 Å². The van der Waals surface area contributed by atoms with E-state index in [-0.39, 0.29) is 12.4 Å². The van der Waals surface area contributed by atoms with Crippen LogP contribution < -0.4 is 4.72 Å². The van der Waals surface area contributed by atoms with Gasteiger partial charge in [-0.15, -0.1) is 10.2 Å². The number of aryl methyl sites for hydroxylation is 2. The van der Waals surface area contributed by atoms with Gasteiger partial charge in [0.1, 0.15) is 5.82 Å². The van der Waals surface area contributed by atoms with Gasteiger partial charge < -0.3 is 0 Å². The summed E-state index contributed by atoms with van der Waals surface area (Å²) in [5.74, 6) is 0.768. The molecule has 1 N–H and O–H groups in total.